The van der Waals surface area contributed by atoms with Crippen LogP contribution in [0.5, 0.6) is 0 Å². The summed E-state index contributed by atoms with van der Waals surface area (Å²) >= 11 is 0. The predicted octanol–water partition coefficient (Wildman–Crippen LogP) is 0.678. The van der Waals surface area contributed by atoms with Gasteiger partial charge in [-0.05, 0) is 13.5 Å². The lowest BCUT2D eigenvalue weighted by molar-refractivity contribution is -0.132. The fourth-order valence-electron chi connectivity index (χ4n) is 2.90. The van der Waals surface area contributed by atoms with Crippen LogP contribution in [0.2, 0.25) is 0 Å². The zero-order valence-corrected chi connectivity index (χ0v) is 14.8. The van der Waals surface area contributed by atoms with Gasteiger partial charge in [-0.25, -0.2) is 0 Å². The van der Waals surface area contributed by atoms with Crippen LogP contribution in [0.25, 0.3) is 0 Å². The van der Waals surface area contributed by atoms with E-state index < -0.39 is 0 Å². The molecular formula is C14H30Cl2N4O. The van der Waals surface area contributed by atoms with E-state index >= 15 is 0 Å². The first kappa shape index (κ1) is 20.9. The minimum Gasteiger partial charge on any atom is -0.340 e. The van der Waals surface area contributed by atoms with Gasteiger partial charge >= 0.3 is 0 Å². The molecule has 0 aromatic heterocycles. The Bertz CT molecular complexity index is 299. The van der Waals surface area contributed by atoms with Gasteiger partial charge in [0, 0.05) is 64.8 Å². The van der Waals surface area contributed by atoms with Crippen molar-refractivity contribution in [3.63, 3.8) is 0 Å². The molecule has 0 aromatic rings. The molecule has 2 fully saturated rings. The van der Waals surface area contributed by atoms with Gasteiger partial charge < -0.3 is 20.0 Å². The number of piperazine rings is 2. The Labute approximate surface area is 141 Å². The van der Waals surface area contributed by atoms with E-state index in [1.54, 1.807) is 0 Å². The molecule has 21 heavy (non-hydrogen) atoms. The third-order valence-corrected chi connectivity index (χ3v) is 4.28. The van der Waals surface area contributed by atoms with E-state index in [0.29, 0.717) is 18.4 Å². The maximum absolute atomic E-state index is 12.2. The highest BCUT2D eigenvalue weighted by Crippen LogP contribution is 2.05. The highest BCUT2D eigenvalue weighted by atomic mass is 35.5. The molecule has 7 heteroatoms. The van der Waals surface area contributed by atoms with Crippen LogP contribution >= 0.6 is 24.8 Å². The van der Waals surface area contributed by atoms with Gasteiger partial charge in [-0.2, -0.15) is 0 Å². The maximum atomic E-state index is 12.2. The maximum Gasteiger partial charge on any atom is 0.223 e. The van der Waals surface area contributed by atoms with Crippen LogP contribution in [0.15, 0.2) is 0 Å². The minimum atomic E-state index is 0. The average Bonchev–Trinajstić information content (AvgIpc) is 2.45. The molecule has 2 saturated heterocycles. The van der Waals surface area contributed by atoms with Crippen molar-refractivity contribution in [1.29, 1.82) is 0 Å². The van der Waals surface area contributed by atoms with E-state index in [4.69, 9.17) is 0 Å². The van der Waals surface area contributed by atoms with Gasteiger partial charge in [0.15, 0.2) is 0 Å². The van der Waals surface area contributed by atoms with Crippen LogP contribution in [0.3, 0.4) is 0 Å². The van der Waals surface area contributed by atoms with Crippen LogP contribution in [-0.2, 0) is 4.79 Å². The van der Waals surface area contributed by atoms with Gasteiger partial charge in [-0.1, -0.05) is 6.92 Å². The number of rotatable bonds is 4. The standard InChI is InChI=1S/C14H28N4O.2ClH/c1-3-16-8-10-17(11-9-16)6-4-14(19)18-7-5-15-13(2)12-18;;/h13,15H,3-12H2,1-2H3;2*1H. The van der Waals surface area contributed by atoms with Gasteiger partial charge in [-0.15, -0.1) is 24.8 Å². The number of nitrogens with one attached hydrogen (secondary N) is 1. The number of carbonyl (C=O) groups excluding carboxylic acids is 1. The molecule has 2 aliphatic rings. The van der Waals surface area contributed by atoms with Crippen LogP contribution in [-0.4, -0.2) is 85.6 Å². The van der Waals surface area contributed by atoms with Crippen molar-refractivity contribution in [2.24, 2.45) is 0 Å². The Balaban J connectivity index is 0.00000200. The number of hydrogen-bond donors (Lipinski definition) is 1. The fourth-order valence-corrected chi connectivity index (χ4v) is 2.90. The van der Waals surface area contributed by atoms with Crippen molar-refractivity contribution in [2.75, 3.05) is 58.9 Å². The van der Waals surface area contributed by atoms with Gasteiger partial charge in [-0.3, -0.25) is 4.79 Å². The molecule has 1 unspecified atom stereocenters. The first-order valence-electron chi connectivity index (χ1n) is 7.65. The van der Waals surface area contributed by atoms with Crippen LogP contribution < -0.4 is 5.32 Å². The SMILES string of the molecule is CCN1CCN(CCC(=O)N2CCNC(C)C2)CC1.Cl.Cl. The second-order valence-corrected chi connectivity index (χ2v) is 5.72. The molecule has 2 heterocycles. The predicted molar refractivity (Wildman–Crippen MR) is 91.7 cm³/mol. The number of hydrogen-bond acceptors (Lipinski definition) is 4. The molecule has 1 N–H and O–H groups in total. The number of nitrogens with zero attached hydrogens (tertiary/aromatic N) is 3. The zero-order valence-electron chi connectivity index (χ0n) is 13.2. The van der Waals surface area contributed by atoms with Crippen LogP contribution in [0, 0.1) is 0 Å². The molecule has 1 atom stereocenters. The lowest BCUT2D eigenvalue weighted by Gasteiger charge is -2.35. The summed E-state index contributed by atoms with van der Waals surface area (Å²) in [7, 11) is 0. The van der Waals surface area contributed by atoms with E-state index in [9.17, 15) is 4.79 Å². The van der Waals surface area contributed by atoms with Gasteiger partial charge in [0.05, 0.1) is 0 Å². The second kappa shape index (κ2) is 10.6. The molecule has 1 amide bonds. The minimum absolute atomic E-state index is 0. The first-order valence-corrected chi connectivity index (χ1v) is 7.65. The lowest BCUT2D eigenvalue weighted by atomic mass is 10.2. The third kappa shape index (κ3) is 6.70. The first-order chi connectivity index (χ1) is 9.19. The highest BCUT2D eigenvalue weighted by Gasteiger charge is 2.21. The zero-order chi connectivity index (χ0) is 13.7. The summed E-state index contributed by atoms with van der Waals surface area (Å²) in [5.74, 6) is 0.325. The molecule has 2 aliphatic heterocycles. The second-order valence-electron chi connectivity index (χ2n) is 5.72. The molecule has 0 aliphatic carbocycles. The van der Waals surface area contributed by atoms with Crippen molar-refractivity contribution < 1.29 is 4.79 Å². The largest absolute Gasteiger partial charge is 0.340 e. The van der Waals surface area contributed by atoms with E-state index in [0.717, 1.165) is 58.9 Å². The molecule has 5 nitrogen and oxygen atoms in total. The molecule has 126 valence electrons. The Morgan fingerprint density at radius 2 is 1.71 bits per heavy atom. The summed E-state index contributed by atoms with van der Waals surface area (Å²) < 4.78 is 0. The molecule has 0 aromatic carbocycles. The van der Waals surface area contributed by atoms with Crippen molar-refractivity contribution in [1.82, 2.24) is 20.0 Å². The fraction of sp³-hybridized carbons (Fsp3) is 0.929. The van der Waals surface area contributed by atoms with Gasteiger partial charge in [0.25, 0.3) is 0 Å². The molecule has 0 bridgehead atoms. The van der Waals surface area contributed by atoms with Crippen molar-refractivity contribution in [3.8, 4) is 0 Å². The number of carbonyl (C=O) groups is 1. The number of halogens is 2. The van der Waals surface area contributed by atoms with Crippen LogP contribution in [0.1, 0.15) is 20.3 Å². The van der Waals surface area contributed by atoms with Crippen LogP contribution in [0.4, 0.5) is 0 Å². The quantitative estimate of drug-likeness (QED) is 0.816. The van der Waals surface area contributed by atoms with Crippen molar-refractivity contribution >= 4 is 30.7 Å². The van der Waals surface area contributed by atoms with Gasteiger partial charge in [0.2, 0.25) is 5.91 Å². The summed E-state index contributed by atoms with van der Waals surface area (Å²) in [4.78, 5) is 19.1. The Morgan fingerprint density at radius 3 is 2.29 bits per heavy atom. The van der Waals surface area contributed by atoms with E-state index in [1.165, 1.54) is 0 Å². The average molecular weight is 341 g/mol. The Kier molecular flexibility index (Phi) is 10.6. The van der Waals surface area contributed by atoms with E-state index in [-0.39, 0.29) is 24.8 Å². The smallest absolute Gasteiger partial charge is 0.223 e. The molecular weight excluding hydrogens is 311 g/mol. The summed E-state index contributed by atoms with van der Waals surface area (Å²) in [6, 6.07) is 0.436. The van der Waals surface area contributed by atoms with E-state index in [1.807, 2.05) is 4.90 Å². The molecule has 0 radical (unpaired) electrons. The topological polar surface area (TPSA) is 38.8 Å². The third-order valence-electron chi connectivity index (χ3n) is 4.28. The monoisotopic (exact) mass is 340 g/mol. The summed E-state index contributed by atoms with van der Waals surface area (Å²) in [6.45, 7) is 13.6. The number of amides is 1. The highest BCUT2D eigenvalue weighted by molar-refractivity contribution is 5.85. The molecule has 0 saturated carbocycles. The van der Waals surface area contributed by atoms with E-state index in [2.05, 4.69) is 29.0 Å². The van der Waals surface area contributed by atoms with Crippen molar-refractivity contribution in [3.05, 3.63) is 0 Å². The summed E-state index contributed by atoms with van der Waals surface area (Å²) in [6.07, 6.45) is 0.679. The molecule has 2 rings (SSSR count). The number of likely N-dealkylation sites (N-methyl/N-ethyl adjacent to an activating group) is 1. The van der Waals surface area contributed by atoms with Gasteiger partial charge in [0.1, 0.15) is 0 Å². The van der Waals surface area contributed by atoms with Crippen molar-refractivity contribution in [2.45, 2.75) is 26.3 Å². The normalized spacial score (nSPS) is 24.1. The summed E-state index contributed by atoms with van der Waals surface area (Å²) in [5.41, 5.74) is 0. The Hall–Kier alpha value is -0.0700. The summed E-state index contributed by atoms with van der Waals surface area (Å²) in [5, 5.41) is 3.37. The molecule has 0 spiro atoms. The Morgan fingerprint density at radius 1 is 1.10 bits per heavy atom. The lowest BCUT2D eigenvalue weighted by Crippen LogP contribution is -2.52.